The number of nitriles is 1. The van der Waals surface area contributed by atoms with Crippen molar-refractivity contribution in [3.63, 3.8) is 0 Å². The molecule has 1 amide bonds. The van der Waals surface area contributed by atoms with Crippen LogP contribution >= 0.6 is 0 Å². The number of aromatic amines is 1. The Hall–Kier alpha value is -1.83. The Bertz CT molecular complexity index is 298. The van der Waals surface area contributed by atoms with Gasteiger partial charge in [0.05, 0.1) is 6.07 Å². The van der Waals surface area contributed by atoms with E-state index in [0.29, 0.717) is 5.95 Å². The first kappa shape index (κ1) is 8.27. The molecule has 0 aliphatic heterocycles. The molecule has 0 spiro atoms. The second kappa shape index (κ2) is 3.53. The van der Waals surface area contributed by atoms with E-state index in [1.165, 1.54) is 13.1 Å². The van der Waals surface area contributed by atoms with Crippen molar-refractivity contribution in [3.8, 4) is 6.07 Å². The molecule has 0 saturated heterocycles. The lowest BCUT2D eigenvalue weighted by Crippen LogP contribution is -2.19. The summed E-state index contributed by atoms with van der Waals surface area (Å²) >= 11 is 0. The third-order valence-corrected chi connectivity index (χ3v) is 1.33. The van der Waals surface area contributed by atoms with Crippen LogP contribution in [0.5, 0.6) is 0 Å². The summed E-state index contributed by atoms with van der Waals surface area (Å²) in [6.07, 6.45) is 3.11. The molecule has 1 rings (SSSR count). The van der Waals surface area contributed by atoms with E-state index in [1.807, 2.05) is 6.07 Å². The van der Waals surface area contributed by atoms with Crippen LogP contribution in [-0.2, 0) is 4.79 Å². The van der Waals surface area contributed by atoms with E-state index in [0.717, 1.165) is 0 Å². The Labute approximate surface area is 69.4 Å². The number of nitrogens with one attached hydrogen (secondary N) is 2. The lowest BCUT2D eigenvalue weighted by molar-refractivity contribution is -0.118. The van der Waals surface area contributed by atoms with Crippen molar-refractivity contribution in [2.24, 2.45) is 5.92 Å². The number of imidazole rings is 1. The van der Waals surface area contributed by atoms with Gasteiger partial charge in [-0.1, -0.05) is 0 Å². The standard InChI is InChI=1S/C7H8N4O/c1-5(4-8)6(12)11-7-9-2-3-10-7/h2-3,5H,1H3,(H2,9,10,11,12). The molecule has 0 bridgehead atoms. The number of nitrogens with zero attached hydrogens (tertiary/aromatic N) is 2. The van der Waals surface area contributed by atoms with Crippen molar-refractivity contribution < 1.29 is 4.79 Å². The summed E-state index contributed by atoms with van der Waals surface area (Å²) in [5.41, 5.74) is 0. The van der Waals surface area contributed by atoms with Crippen LogP contribution in [0, 0.1) is 17.2 Å². The van der Waals surface area contributed by atoms with Crippen LogP contribution in [-0.4, -0.2) is 15.9 Å². The summed E-state index contributed by atoms with van der Waals surface area (Å²) < 4.78 is 0. The van der Waals surface area contributed by atoms with Crippen LogP contribution in [0.25, 0.3) is 0 Å². The van der Waals surface area contributed by atoms with Gasteiger partial charge in [-0.05, 0) is 6.92 Å². The Morgan fingerprint density at radius 2 is 2.67 bits per heavy atom. The van der Waals surface area contributed by atoms with Crippen LogP contribution in [0.2, 0.25) is 0 Å². The Morgan fingerprint density at radius 1 is 1.92 bits per heavy atom. The number of hydrogen-bond donors (Lipinski definition) is 2. The summed E-state index contributed by atoms with van der Waals surface area (Å²) in [7, 11) is 0. The average molecular weight is 164 g/mol. The quantitative estimate of drug-likeness (QED) is 0.668. The molecule has 1 unspecified atom stereocenters. The minimum atomic E-state index is -0.657. The van der Waals surface area contributed by atoms with Gasteiger partial charge >= 0.3 is 0 Å². The van der Waals surface area contributed by atoms with Gasteiger partial charge in [0, 0.05) is 12.4 Å². The molecule has 5 nitrogen and oxygen atoms in total. The third-order valence-electron chi connectivity index (χ3n) is 1.33. The van der Waals surface area contributed by atoms with E-state index < -0.39 is 5.92 Å². The zero-order valence-electron chi connectivity index (χ0n) is 6.53. The summed E-state index contributed by atoms with van der Waals surface area (Å²) in [5, 5.41) is 10.8. The van der Waals surface area contributed by atoms with Crippen molar-refractivity contribution >= 4 is 11.9 Å². The van der Waals surface area contributed by atoms with Crippen LogP contribution < -0.4 is 5.32 Å². The summed E-state index contributed by atoms with van der Waals surface area (Å²) in [6.45, 7) is 1.53. The largest absolute Gasteiger partial charge is 0.331 e. The molecule has 1 aromatic heterocycles. The van der Waals surface area contributed by atoms with E-state index in [4.69, 9.17) is 5.26 Å². The lowest BCUT2D eigenvalue weighted by atomic mass is 10.2. The Kier molecular flexibility index (Phi) is 2.43. The summed E-state index contributed by atoms with van der Waals surface area (Å²) in [5.74, 6) is -0.648. The highest BCUT2D eigenvalue weighted by Crippen LogP contribution is 1.99. The van der Waals surface area contributed by atoms with E-state index >= 15 is 0 Å². The molecule has 1 aromatic rings. The molecular formula is C7H8N4O. The SMILES string of the molecule is CC(C#N)C(=O)Nc1ncc[nH]1. The molecule has 5 heteroatoms. The van der Waals surface area contributed by atoms with Crippen molar-refractivity contribution in [2.75, 3.05) is 5.32 Å². The molecule has 0 saturated carbocycles. The summed E-state index contributed by atoms with van der Waals surface area (Å²) in [6, 6.07) is 1.82. The maximum atomic E-state index is 11.0. The Balaban J connectivity index is 2.54. The maximum absolute atomic E-state index is 11.0. The fraction of sp³-hybridized carbons (Fsp3) is 0.286. The molecule has 2 N–H and O–H groups in total. The van der Waals surface area contributed by atoms with Crippen molar-refractivity contribution in [1.82, 2.24) is 9.97 Å². The van der Waals surface area contributed by atoms with E-state index in [2.05, 4.69) is 15.3 Å². The van der Waals surface area contributed by atoms with E-state index in [1.54, 1.807) is 6.20 Å². The van der Waals surface area contributed by atoms with Gasteiger partial charge in [0.25, 0.3) is 0 Å². The van der Waals surface area contributed by atoms with Gasteiger partial charge in [0.1, 0.15) is 5.92 Å². The average Bonchev–Trinajstić information content (AvgIpc) is 2.55. The number of carbonyl (C=O) groups excluding carboxylic acids is 1. The number of anilines is 1. The highest BCUT2D eigenvalue weighted by molar-refractivity contribution is 5.92. The minimum absolute atomic E-state index is 0.354. The van der Waals surface area contributed by atoms with Crippen LogP contribution in [0.3, 0.4) is 0 Å². The van der Waals surface area contributed by atoms with Crippen LogP contribution in [0.4, 0.5) is 5.95 Å². The topological polar surface area (TPSA) is 81.6 Å². The minimum Gasteiger partial charge on any atom is -0.331 e. The zero-order chi connectivity index (χ0) is 8.97. The molecule has 12 heavy (non-hydrogen) atoms. The van der Waals surface area contributed by atoms with Crippen molar-refractivity contribution in [3.05, 3.63) is 12.4 Å². The second-order valence-electron chi connectivity index (χ2n) is 2.28. The van der Waals surface area contributed by atoms with Gasteiger partial charge in [0.15, 0.2) is 0 Å². The first-order valence-corrected chi connectivity index (χ1v) is 3.44. The highest BCUT2D eigenvalue weighted by Gasteiger charge is 2.11. The number of amides is 1. The molecular weight excluding hydrogens is 156 g/mol. The summed E-state index contributed by atoms with van der Waals surface area (Å²) in [4.78, 5) is 17.5. The van der Waals surface area contributed by atoms with E-state index in [9.17, 15) is 4.79 Å². The predicted octanol–water partition coefficient (Wildman–Crippen LogP) is 0.508. The molecule has 0 radical (unpaired) electrons. The third kappa shape index (κ3) is 1.83. The number of aromatic nitrogens is 2. The predicted molar refractivity (Wildman–Crippen MR) is 42.0 cm³/mol. The van der Waals surface area contributed by atoms with Gasteiger partial charge in [0.2, 0.25) is 11.9 Å². The molecule has 1 heterocycles. The van der Waals surface area contributed by atoms with Gasteiger partial charge in [-0.2, -0.15) is 5.26 Å². The fourth-order valence-electron chi connectivity index (χ4n) is 0.617. The number of carbonyl (C=O) groups is 1. The van der Waals surface area contributed by atoms with Gasteiger partial charge in [-0.3, -0.25) is 10.1 Å². The molecule has 0 aromatic carbocycles. The molecule has 0 aliphatic carbocycles. The van der Waals surface area contributed by atoms with Gasteiger partial charge in [-0.25, -0.2) is 4.98 Å². The normalized spacial score (nSPS) is 11.7. The zero-order valence-corrected chi connectivity index (χ0v) is 6.53. The van der Waals surface area contributed by atoms with Crippen molar-refractivity contribution in [2.45, 2.75) is 6.92 Å². The highest BCUT2D eigenvalue weighted by atomic mass is 16.2. The smallest absolute Gasteiger partial charge is 0.243 e. The molecule has 0 aliphatic rings. The van der Waals surface area contributed by atoms with Crippen LogP contribution in [0.1, 0.15) is 6.92 Å². The van der Waals surface area contributed by atoms with Crippen molar-refractivity contribution in [1.29, 1.82) is 5.26 Å². The molecule has 1 atom stereocenters. The number of H-pyrrole nitrogens is 1. The first-order valence-electron chi connectivity index (χ1n) is 3.44. The van der Waals surface area contributed by atoms with Gasteiger partial charge in [-0.15, -0.1) is 0 Å². The molecule has 62 valence electrons. The number of hydrogen-bond acceptors (Lipinski definition) is 3. The lowest BCUT2D eigenvalue weighted by Gasteiger charge is -2.01. The Morgan fingerprint density at radius 3 is 3.17 bits per heavy atom. The monoisotopic (exact) mass is 164 g/mol. The van der Waals surface area contributed by atoms with Gasteiger partial charge < -0.3 is 4.98 Å². The van der Waals surface area contributed by atoms with Crippen LogP contribution in [0.15, 0.2) is 12.4 Å². The second-order valence-corrected chi connectivity index (χ2v) is 2.28. The molecule has 0 fully saturated rings. The number of rotatable bonds is 2. The fourth-order valence-corrected chi connectivity index (χ4v) is 0.617. The van der Waals surface area contributed by atoms with E-state index in [-0.39, 0.29) is 5.91 Å². The first-order chi connectivity index (χ1) is 5.74. The maximum Gasteiger partial charge on any atom is 0.243 e.